The molecule has 2 rings (SSSR count). The zero-order valence-corrected chi connectivity index (χ0v) is 11.2. The van der Waals surface area contributed by atoms with E-state index >= 15 is 0 Å². The van der Waals surface area contributed by atoms with Crippen LogP contribution < -0.4 is 5.73 Å². The van der Waals surface area contributed by atoms with Gasteiger partial charge in [0, 0.05) is 18.8 Å². The number of nitrogen functional groups attached to an aromatic ring is 1. The van der Waals surface area contributed by atoms with Crippen molar-refractivity contribution in [3.8, 4) is 0 Å². The zero-order valence-electron chi connectivity index (χ0n) is 11.2. The monoisotopic (exact) mass is 262 g/mol. The van der Waals surface area contributed by atoms with Crippen molar-refractivity contribution in [1.82, 2.24) is 9.88 Å². The first-order valence-electron chi connectivity index (χ1n) is 6.85. The van der Waals surface area contributed by atoms with E-state index in [0.717, 1.165) is 25.1 Å². The Bertz CT molecular complexity index is 435. The summed E-state index contributed by atoms with van der Waals surface area (Å²) in [6.45, 7) is 2.02. The van der Waals surface area contributed by atoms with Crippen molar-refractivity contribution in [2.45, 2.75) is 38.3 Å². The molecule has 1 saturated heterocycles. The minimum atomic E-state index is -0.00331. The largest absolute Gasteiger partial charge is 0.395 e. The molecule has 1 unspecified atom stereocenters. The number of nitrogens with zero attached hydrogens (tertiary/aromatic N) is 2. The van der Waals surface area contributed by atoms with Crippen LogP contribution in [0.25, 0.3) is 0 Å². The molecule has 1 aliphatic rings. The van der Waals surface area contributed by atoms with E-state index in [1.165, 1.54) is 19.3 Å². The van der Waals surface area contributed by atoms with E-state index in [-0.39, 0.29) is 18.5 Å². The number of rotatable bonds is 4. The van der Waals surface area contributed by atoms with Gasteiger partial charge in [-0.05, 0) is 37.1 Å². The van der Waals surface area contributed by atoms with Crippen LogP contribution in [0, 0.1) is 5.41 Å². The topological polar surface area (TPSA) is 86.2 Å². The summed E-state index contributed by atoms with van der Waals surface area (Å²) in [7, 11) is 0. The number of aromatic nitrogens is 1. The summed E-state index contributed by atoms with van der Waals surface area (Å²) in [4.78, 5) is 6.40. The number of pyridine rings is 1. The SMILES string of the molecule is N=C(N)c1cc(CN2CCCCCC2CO)ccn1. The average Bonchev–Trinajstić information content (AvgIpc) is 2.64. The second-order valence-electron chi connectivity index (χ2n) is 5.12. The van der Waals surface area contributed by atoms with Crippen molar-refractivity contribution in [2.75, 3.05) is 13.2 Å². The summed E-state index contributed by atoms with van der Waals surface area (Å²) < 4.78 is 0. The number of nitrogens with one attached hydrogen (secondary N) is 1. The second kappa shape index (κ2) is 6.63. The lowest BCUT2D eigenvalue weighted by Gasteiger charge is -2.28. The fourth-order valence-electron chi connectivity index (χ4n) is 2.61. The fraction of sp³-hybridized carbons (Fsp3) is 0.571. The lowest BCUT2D eigenvalue weighted by Crippen LogP contribution is -2.37. The summed E-state index contributed by atoms with van der Waals surface area (Å²) in [5.41, 5.74) is 7.08. The van der Waals surface area contributed by atoms with Gasteiger partial charge in [-0.25, -0.2) is 0 Å². The minimum Gasteiger partial charge on any atom is -0.395 e. The molecule has 0 radical (unpaired) electrons. The van der Waals surface area contributed by atoms with Crippen LogP contribution >= 0.6 is 0 Å². The number of hydrogen-bond acceptors (Lipinski definition) is 4. The molecular formula is C14H22N4O. The fourth-order valence-corrected chi connectivity index (χ4v) is 2.61. The summed E-state index contributed by atoms with van der Waals surface area (Å²) in [5, 5.41) is 16.9. The molecule has 0 amide bonds. The molecule has 1 fully saturated rings. The van der Waals surface area contributed by atoms with Crippen LogP contribution in [-0.2, 0) is 6.54 Å². The number of aliphatic hydroxyl groups excluding tert-OH is 1. The maximum Gasteiger partial charge on any atom is 0.141 e. The summed E-state index contributed by atoms with van der Waals surface area (Å²) in [6, 6.07) is 4.06. The van der Waals surface area contributed by atoms with Gasteiger partial charge in [0.25, 0.3) is 0 Å². The van der Waals surface area contributed by atoms with Gasteiger partial charge < -0.3 is 10.8 Å². The van der Waals surface area contributed by atoms with Gasteiger partial charge in [0.05, 0.1) is 6.61 Å². The molecule has 0 spiro atoms. The molecule has 19 heavy (non-hydrogen) atoms. The first-order chi connectivity index (χ1) is 9.20. The molecule has 0 saturated carbocycles. The Labute approximate surface area is 114 Å². The molecule has 1 aliphatic heterocycles. The smallest absolute Gasteiger partial charge is 0.141 e. The molecule has 1 aromatic heterocycles. The number of likely N-dealkylation sites (tertiary alicyclic amines) is 1. The highest BCUT2D eigenvalue weighted by Gasteiger charge is 2.20. The number of aliphatic hydroxyl groups is 1. The first kappa shape index (κ1) is 14.0. The van der Waals surface area contributed by atoms with E-state index in [2.05, 4.69) is 9.88 Å². The highest BCUT2D eigenvalue weighted by molar-refractivity contribution is 5.93. The van der Waals surface area contributed by atoms with Gasteiger partial charge in [0.15, 0.2) is 0 Å². The van der Waals surface area contributed by atoms with Crippen LogP contribution in [0.5, 0.6) is 0 Å². The highest BCUT2D eigenvalue weighted by Crippen LogP contribution is 2.19. The van der Waals surface area contributed by atoms with Crippen molar-refractivity contribution in [3.63, 3.8) is 0 Å². The normalized spacial score (nSPS) is 21.0. The minimum absolute atomic E-state index is 0.00331. The Morgan fingerprint density at radius 3 is 3.05 bits per heavy atom. The van der Waals surface area contributed by atoms with Crippen molar-refractivity contribution in [1.29, 1.82) is 5.41 Å². The Kier molecular flexibility index (Phi) is 4.87. The first-order valence-corrected chi connectivity index (χ1v) is 6.85. The standard InChI is InChI=1S/C14H22N4O/c15-14(16)13-8-11(5-6-17-13)9-18-7-3-1-2-4-12(18)10-19/h5-6,8,12,19H,1-4,7,9-10H2,(H3,15,16). The van der Waals surface area contributed by atoms with E-state index in [4.69, 9.17) is 11.1 Å². The summed E-state index contributed by atoms with van der Waals surface area (Å²) in [5.74, 6) is -0.00331. The number of nitrogens with two attached hydrogens (primary N) is 1. The van der Waals surface area contributed by atoms with Gasteiger partial charge in [-0.3, -0.25) is 15.3 Å². The summed E-state index contributed by atoms with van der Waals surface area (Å²) >= 11 is 0. The Hall–Kier alpha value is -1.46. The summed E-state index contributed by atoms with van der Waals surface area (Å²) in [6.07, 6.45) is 6.36. The van der Waals surface area contributed by atoms with Crippen LogP contribution in [0.1, 0.15) is 36.9 Å². The van der Waals surface area contributed by atoms with Gasteiger partial charge in [0.1, 0.15) is 11.5 Å². The molecular weight excluding hydrogens is 240 g/mol. The Morgan fingerprint density at radius 2 is 2.32 bits per heavy atom. The van der Waals surface area contributed by atoms with Crippen LogP contribution in [-0.4, -0.2) is 40.0 Å². The van der Waals surface area contributed by atoms with Crippen LogP contribution in [0.15, 0.2) is 18.3 Å². The number of hydrogen-bond donors (Lipinski definition) is 3. The van der Waals surface area contributed by atoms with E-state index in [9.17, 15) is 5.11 Å². The number of amidine groups is 1. The molecule has 104 valence electrons. The third kappa shape index (κ3) is 3.75. The van der Waals surface area contributed by atoms with E-state index in [1.54, 1.807) is 6.20 Å². The Morgan fingerprint density at radius 1 is 1.47 bits per heavy atom. The van der Waals surface area contributed by atoms with Gasteiger partial charge in [-0.2, -0.15) is 0 Å². The van der Waals surface area contributed by atoms with Crippen molar-refractivity contribution >= 4 is 5.84 Å². The quantitative estimate of drug-likeness (QED) is 0.560. The maximum absolute atomic E-state index is 9.50. The van der Waals surface area contributed by atoms with E-state index < -0.39 is 0 Å². The van der Waals surface area contributed by atoms with Crippen molar-refractivity contribution in [3.05, 3.63) is 29.6 Å². The predicted octanol–water partition coefficient (Wildman–Crippen LogP) is 1.10. The molecule has 4 N–H and O–H groups in total. The van der Waals surface area contributed by atoms with Gasteiger partial charge in [-0.15, -0.1) is 0 Å². The van der Waals surface area contributed by atoms with E-state index in [1.807, 2.05) is 12.1 Å². The zero-order chi connectivity index (χ0) is 13.7. The van der Waals surface area contributed by atoms with Crippen LogP contribution in [0.2, 0.25) is 0 Å². The third-order valence-corrected chi connectivity index (χ3v) is 3.70. The van der Waals surface area contributed by atoms with Crippen molar-refractivity contribution < 1.29 is 5.11 Å². The van der Waals surface area contributed by atoms with Crippen LogP contribution in [0.3, 0.4) is 0 Å². The molecule has 2 heterocycles. The molecule has 1 aromatic rings. The Balaban J connectivity index is 2.09. The van der Waals surface area contributed by atoms with Gasteiger partial charge in [-0.1, -0.05) is 12.8 Å². The predicted molar refractivity (Wildman–Crippen MR) is 75.0 cm³/mol. The lowest BCUT2D eigenvalue weighted by atomic mass is 10.1. The second-order valence-corrected chi connectivity index (χ2v) is 5.12. The van der Waals surface area contributed by atoms with Gasteiger partial charge in [0.2, 0.25) is 0 Å². The third-order valence-electron chi connectivity index (χ3n) is 3.70. The van der Waals surface area contributed by atoms with E-state index in [0.29, 0.717) is 5.69 Å². The lowest BCUT2D eigenvalue weighted by molar-refractivity contribution is 0.118. The maximum atomic E-state index is 9.50. The van der Waals surface area contributed by atoms with Crippen molar-refractivity contribution in [2.24, 2.45) is 5.73 Å². The molecule has 5 nitrogen and oxygen atoms in total. The molecule has 0 aliphatic carbocycles. The molecule has 0 aromatic carbocycles. The van der Waals surface area contributed by atoms with Crippen LogP contribution in [0.4, 0.5) is 0 Å². The molecule has 0 bridgehead atoms. The molecule has 1 atom stereocenters. The average molecular weight is 262 g/mol. The van der Waals surface area contributed by atoms with Gasteiger partial charge >= 0.3 is 0 Å². The highest BCUT2D eigenvalue weighted by atomic mass is 16.3. The molecule has 5 heteroatoms.